The maximum Gasteiger partial charge on any atom is 0.260 e. The summed E-state index contributed by atoms with van der Waals surface area (Å²) in [5, 5.41) is 0.588. The van der Waals surface area contributed by atoms with E-state index in [-0.39, 0.29) is 17.3 Å². The lowest BCUT2D eigenvalue weighted by Gasteiger charge is -2.20. The first kappa shape index (κ1) is 23.6. The molecule has 0 aliphatic carbocycles. The van der Waals surface area contributed by atoms with Gasteiger partial charge in [0, 0.05) is 24.8 Å². The van der Waals surface area contributed by atoms with Crippen LogP contribution in [0.2, 0.25) is 0 Å². The van der Waals surface area contributed by atoms with E-state index in [1.54, 1.807) is 23.2 Å². The lowest BCUT2D eigenvalue weighted by molar-refractivity contribution is 0.0984. The first-order chi connectivity index (χ1) is 17.0. The number of thiazole rings is 1. The summed E-state index contributed by atoms with van der Waals surface area (Å²) in [7, 11) is -3.54. The quantitative estimate of drug-likeness (QED) is 0.357. The number of carbonyl (C=O) groups excluding carboxylic acids is 1. The summed E-state index contributed by atoms with van der Waals surface area (Å²) in [5.74, 6) is -0.252. The molecule has 0 radical (unpaired) electrons. The Hall–Kier alpha value is -3.14. The van der Waals surface area contributed by atoms with Crippen molar-refractivity contribution >= 4 is 42.6 Å². The van der Waals surface area contributed by atoms with Crippen LogP contribution in [0.1, 0.15) is 41.4 Å². The molecule has 1 aliphatic heterocycles. The zero-order chi connectivity index (χ0) is 24.4. The van der Waals surface area contributed by atoms with E-state index >= 15 is 0 Å². The smallest absolute Gasteiger partial charge is 0.260 e. The number of benzene rings is 2. The first-order valence-electron chi connectivity index (χ1n) is 11.7. The SMILES string of the molecule is CCc1cccc2sc(N(Cc3ccccn3)C(=O)c3ccc(S(=O)(=O)N4CCCC4)cc3)nc12. The highest BCUT2D eigenvalue weighted by Crippen LogP contribution is 2.33. The fourth-order valence-corrected chi connectivity index (χ4v) is 6.81. The molecule has 0 saturated carbocycles. The lowest BCUT2D eigenvalue weighted by Crippen LogP contribution is -2.31. The molecule has 0 unspecified atom stereocenters. The molecule has 0 bridgehead atoms. The van der Waals surface area contributed by atoms with E-state index in [1.807, 2.05) is 30.3 Å². The van der Waals surface area contributed by atoms with Crippen LogP contribution >= 0.6 is 11.3 Å². The number of nitrogens with zero attached hydrogens (tertiary/aromatic N) is 4. The summed E-state index contributed by atoms with van der Waals surface area (Å²) in [4.78, 5) is 24.8. The van der Waals surface area contributed by atoms with Gasteiger partial charge in [0.05, 0.1) is 27.4 Å². The van der Waals surface area contributed by atoms with Crippen LogP contribution in [0.4, 0.5) is 5.13 Å². The largest absolute Gasteiger partial charge is 0.278 e. The molecule has 9 heteroatoms. The van der Waals surface area contributed by atoms with Crippen LogP contribution < -0.4 is 4.90 Å². The lowest BCUT2D eigenvalue weighted by atomic mass is 10.1. The molecule has 0 atom stereocenters. The molecule has 5 rings (SSSR count). The van der Waals surface area contributed by atoms with E-state index in [4.69, 9.17) is 4.98 Å². The van der Waals surface area contributed by atoms with Crippen molar-refractivity contribution < 1.29 is 13.2 Å². The highest BCUT2D eigenvalue weighted by Gasteiger charge is 2.28. The molecule has 1 fully saturated rings. The van der Waals surface area contributed by atoms with Gasteiger partial charge in [-0.2, -0.15) is 4.31 Å². The Morgan fingerprint density at radius 1 is 1.03 bits per heavy atom. The van der Waals surface area contributed by atoms with E-state index in [2.05, 4.69) is 18.0 Å². The van der Waals surface area contributed by atoms with Gasteiger partial charge in [0.2, 0.25) is 10.0 Å². The average Bonchev–Trinajstić information content (AvgIpc) is 3.58. The Kier molecular flexibility index (Phi) is 6.64. The van der Waals surface area contributed by atoms with Gasteiger partial charge in [-0.05, 0) is 67.3 Å². The van der Waals surface area contributed by atoms with Crippen molar-refractivity contribution in [2.45, 2.75) is 37.6 Å². The van der Waals surface area contributed by atoms with E-state index in [1.165, 1.54) is 27.8 Å². The van der Waals surface area contributed by atoms with Crippen LogP contribution in [0, 0.1) is 0 Å². The fraction of sp³-hybridized carbons (Fsp3) is 0.269. The van der Waals surface area contributed by atoms with Gasteiger partial charge in [0.1, 0.15) is 0 Å². The third-order valence-electron chi connectivity index (χ3n) is 6.20. The number of aryl methyl sites for hydroxylation is 1. The highest BCUT2D eigenvalue weighted by molar-refractivity contribution is 7.89. The van der Waals surface area contributed by atoms with Crippen molar-refractivity contribution in [1.82, 2.24) is 14.3 Å². The molecular weight excluding hydrogens is 480 g/mol. The van der Waals surface area contributed by atoms with E-state index in [9.17, 15) is 13.2 Å². The van der Waals surface area contributed by atoms with Crippen molar-refractivity contribution in [3.05, 3.63) is 83.7 Å². The maximum absolute atomic E-state index is 13.7. The Labute approximate surface area is 209 Å². The second kappa shape index (κ2) is 9.85. The summed E-state index contributed by atoms with van der Waals surface area (Å²) in [5.41, 5.74) is 3.17. The van der Waals surface area contributed by atoms with Gasteiger partial charge >= 0.3 is 0 Å². The fourth-order valence-electron chi connectivity index (χ4n) is 4.28. The van der Waals surface area contributed by atoms with E-state index < -0.39 is 10.0 Å². The Morgan fingerprint density at radius 3 is 2.49 bits per heavy atom. The van der Waals surface area contributed by atoms with Crippen LogP contribution in [0.5, 0.6) is 0 Å². The van der Waals surface area contributed by atoms with Gasteiger partial charge in [-0.25, -0.2) is 13.4 Å². The first-order valence-corrected chi connectivity index (χ1v) is 13.9. The monoisotopic (exact) mass is 506 g/mol. The summed E-state index contributed by atoms with van der Waals surface area (Å²) >= 11 is 1.47. The molecule has 35 heavy (non-hydrogen) atoms. The summed E-state index contributed by atoms with van der Waals surface area (Å²) in [6.07, 6.45) is 4.30. The molecule has 0 N–H and O–H groups in total. The molecule has 3 heterocycles. The number of anilines is 1. The summed E-state index contributed by atoms with van der Waals surface area (Å²) in [6.45, 7) is 3.42. The number of sulfonamides is 1. The number of carbonyl (C=O) groups is 1. The molecule has 4 aromatic rings. The number of hydrogen-bond donors (Lipinski definition) is 0. The van der Waals surface area contributed by atoms with Crippen molar-refractivity contribution in [2.24, 2.45) is 0 Å². The van der Waals surface area contributed by atoms with Gasteiger partial charge in [0.25, 0.3) is 5.91 Å². The second-order valence-electron chi connectivity index (χ2n) is 8.46. The molecular formula is C26H26N4O3S2. The number of fused-ring (bicyclic) bond motifs is 1. The molecule has 1 saturated heterocycles. The number of pyridine rings is 1. The molecule has 1 amide bonds. The van der Waals surface area contributed by atoms with Gasteiger partial charge in [-0.3, -0.25) is 14.7 Å². The third-order valence-corrected chi connectivity index (χ3v) is 9.16. The average molecular weight is 507 g/mol. The zero-order valence-electron chi connectivity index (χ0n) is 19.4. The Bertz CT molecular complexity index is 1450. The number of hydrogen-bond acceptors (Lipinski definition) is 6. The second-order valence-corrected chi connectivity index (χ2v) is 11.4. The normalized spacial score (nSPS) is 14.4. The van der Waals surface area contributed by atoms with Crippen LogP contribution in [0.3, 0.4) is 0 Å². The third kappa shape index (κ3) is 4.71. The van der Waals surface area contributed by atoms with E-state index in [0.717, 1.165) is 40.7 Å². The summed E-state index contributed by atoms with van der Waals surface area (Å²) in [6, 6.07) is 17.9. The minimum Gasteiger partial charge on any atom is -0.278 e. The topological polar surface area (TPSA) is 83.5 Å². The maximum atomic E-state index is 13.7. The van der Waals surface area contributed by atoms with Crippen molar-refractivity contribution in [1.29, 1.82) is 0 Å². The predicted molar refractivity (Wildman–Crippen MR) is 138 cm³/mol. The highest BCUT2D eigenvalue weighted by atomic mass is 32.2. The number of aromatic nitrogens is 2. The van der Waals surface area contributed by atoms with Gasteiger partial charge in [-0.1, -0.05) is 36.5 Å². The van der Waals surface area contributed by atoms with Gasteiger partial charge in [0.15, 0.2) is 5.13 Å². The molecule has 1 aliphatic rings. The van der Waals surface area contributed by atoms with Gasteiger partial charge < -0.3 is 0 Å². The molecule has 7 nitrogen and oxygen atoms in total. The number of rotatable bonds is 7. The number of amides is 1. The van der Waals surface area contributed by atoms with Crippen LogP contribution in [-0.2, 0) is 23.0 Å². The van der Waals surface area contributed by atoms with Crippen LogP contribution in [0.15, 0.2) is 71.8 Å². The Morgan fingerprint density at radius 2 is 1.80 bits per heavy atom. The molecule has 2 aromatic heterocycles. The standard InChI is InChI=1S/C26H26N4O3S2/c1-2-19-8-7-10-23-24(19)28-26(34-23)30(18-21-9-3-4-15-27-21)25(31)20-11-13-22(14-12-20)35(32,33)29-16-5-6-17-29/h3-4,7-15H,2,5-6,16-18H2,1H3. The Balaban J connectivity index is 1.50. The summed E-state index contributed by atoms with van der Waals surface area (Å²) < 4.78 is 28.3. The van der Waals surface area contributed by atoms with Gasteiger partial charge in [-0.15, -0.1) is 0 Å². The minimum atomic E-state index is -3.54. The van der Waals surface area contributed by atoms with Crippen LogP contribution in [-0.4, -0.2) is 41.7 Å². The molecule has 0 spiro atoms. The van der Waals surface area contributed by atoms with E-state index in [0.29, 0.717) is 23.8 Å². The zero-order valence-corrected chi connectivity index (χ0v) is 21.1. The molecule has 180 valence electrons. The van der Waals surface area contributed by atoms with Crippen molar-refractivity contribution in [3.8, 4) is 0 Å². The minimum absolute atomic E-state index is 0.208. The number of para-hydroxylation sites is 1. The van der Waals surface area contributed by atoms with Crippen molar-refractivity contribution in [2.75, 3.05) is 18.0 Å². The van der Waals surface area contributed by atoms with Crippen molar-refractivity contribution in [3.63, 3.8) is 0 Å². The molecule has 2 aromatic carbocycles. The predicted octanol–water partition coefficient (Wildman–Crippen LogP) is 4.89. The van der Waals surface area contributed by atoms with Crippen LogP contribution in [0.25, 0.3) is 10.2 Å².